The molecule has 10 heteroatoms. The molecule has 0 spiro atoms. The Balaban J connectivity index is 1.66. The van der Waals surface area contributed by atoms with Crippen molar-refractivity contribution in [3.05, 3.63) is 35.2 Å². The number of rotatable bonds is 3. The average Bonchev–Trinajstić information content (AvgIpc) is 3.07. The SMILES string of the molecule is CN=C(NCc1nc(-c2cccc(Cl)c2)no1)N1CCS(=O)(=O)C(C)(C)C1. The molecule has 3 rings (SSSR count). The predicted molar refractivity (Wildman–Crippen MR) is 104 cm³/mol. The first-order chi connectivity index (χ1) is 12.7. The van der Waals surface area contributed by atoms with Gasteiger partial charge < -0.3 is 14.7 Å². The van der Waals surface area contributed by atoms with Crippen LogP contribution < -0.4 is 5.32 Å². The van der Waals surface area contributed by atoms with Crippen LogP contribution in [-0.4, -0.2) is 60.1 Å². The van der Waals surface area contributed by atoms with Crippen molar-refractivity contribution in [2.45, 2.75) is 25.1 Å². The van der Waals surface area contributed by atoms with Gasteiger partial charge in [0.25, 0.3) is 0 Å². The van der Waals surface area contributed by atoms with Crippen molar-refractivity contribution in [3.63, 3.8) is 0 Å². The standard InChI is InChI=1S/C17H22ClN5O3S/c1-17(2)11-23(7-8-27(17,24)25)16(19-3)20-10-14-21-15(22-26-14)12-5-4-6-13(18)9-12/h4-6,9H,7-8,10-11H2,1-3H3,(H,19,20). The topological polar surface area (TPSA) is 101 Å². The molecule has 146 valence electrons. The molecule has 0 atom stereocenters. The smallest absolute Gasteiger partial charge is 0.246 e. The molecule has 1 N–H and O–H groups in total. The van der Waals surface area contributed by atoms with Crippen molar-refractivity contribution in [2.24, 2.45) is 4.99 Å². The van der Waals surface area contributed by atoms with E-state index in [9.17, 15) is 8.42 Å². The average molecular weight is 412 g/mol. The Kier molecular flexibility index (Phi) is 5.43. The maximum Gasteiger partial charge on any atom is 0.246 e. The maximum absolute atomic E-state index is 12.2. The molecule has 1 aliphatic rings. The van der Waals surface area contributed by atoms with Gasteiger partial charge in [-0.2, -0.15) is 4.98 Å². The molecule has 1 saturated heterocycles. The van der Waals surface area contributed by atoms with E-state index < -0.39 is 14.6 Å². The van der Waals surface area contributed by atoms with Crippen LogP contribution in [-0.2, 0) is 16.4 Å². The number of benzene rings is 1. The Morgan fingerprint density at radius 3 is 2.89 bits per heavy atom. The lowest BCUT2D eigenvalue weighted by Gasteiger charge is -2.39. The molecule has 1 aliphatic heterocycles. The van der Waals surface area contributed by atoms with E-state index >= 15 is 0 Å². The minimum Gasteiger partial charge on any atom is -0.347 e. The second-order valence-corrected chi connectivity index (χ2v) is 10.1. The Hall–Kier alpha value is -2.13. The fraction of sp³-hybridized carbons (Fsp3) is 0.471. The molecule has 0 bridgehead atoms. The number of hydrogen-bond acceptors (Lipinski definition) is 6. The summed E-state index contributed by atoms with van der Waals surface area (Å²) in [6.45, 7) is 4.51. The summed E-state index contributed by atoms with van der Waals surface area (Å²) in [5.41, 5.74) is 0.768. The molecular weight excluding hydrogens is 390 g/mol. The van der Waals surface area contributed by atoms with Crippen molar-refractivity contribution >= 4 is 27.4 Å². The van der Waals surface area contributed by atoms with Crippen LogP contribution in [0.25, 0.3) is 11.4 Å². The van der Waals surface area contributed by atoms with Crippen LogP contribution in [0.3, 0.4) is 0 Å². The van der Waals surface area contributed by atoms with Crippen molar-refractivity contribution in [3.8, 4) is 11.4 Å². The van der Waals surface area contributed by atoms with Crippen LogP contribution in [0.1, 0.15) is 19.7 Å². The van der Waals surface area contributed by atoms with Crippen molar-refractivity contribution in [1.82, 2.24) is 20.4 Å². The summed E-state index contributed by atoms with van der Waals surface area (Å²) in [5.74, 6) is 1.55. The van der Waals surface area contributed by atoms with Crippen LogP contribution in [0.2, 0.25) is 5.02 Å². The summed E-state index contributed by atoms with van der Waals surface area (Å²) in [5, 5.41) is 7.72. The van der Waals surface area contributed by atoms with Crippen LogP contribution in [0.15, 0.2) is 33.8 Å². The minimum absolute atomic E-state index is 0.0974. The summed E-state index contributed by atoms with van der Waals surface area (Å²) in [6, 6.07) is 7.21. The van der Waals surface area contributed by atoms with E-state index in [1.54, 1.807) is 33.0 Å². The highest BCUT2D eigenvalue weighted by atomic mass is 35.5. The summed E-state index contributed by atoms with van der Waals surface area (Å²) in [4.78, 5) is 10.5. The van der Waals surface area contributed by atoms with Gasteiger partial charge in [0.2, 0.25) is 11.7 Å². The predicted octanol–water partition coefficient (Wildman–Crippen LogP) is 1.97. The van der Waals surface area contributed by atoms with Crippen LogP contribution >= 0.6 is 11.6 Å². The summed E-state index contributed by atoms with van der Waals surface area (Å²) < 4.78 is 28.8. The third-order valence-electron chi connectivity index (χ3n) is 4.50. The van der Waals surface area contributed by atoms with E-state index in [1.165, 1.54) is 0 Å². The number of guanidine groups is 1. The van der Waals surface area contributed by atoms with Gasteiger partial charge in [-0.05, 0) is 26.0 Å². The largest absolute Gasteiger partial charge is 0.347 e. The first-order valence-electron chi connectivity index (χ1n) is 8.48. The quantitative estimate of drug-likeness (QED) is 0.608. The number of aliphatic imine (C=N–C) groups is 1. The molecule has 0 amide bonds. The molecule has 1 aromatic heterocycles. The zero-order chi connectivity index (χ0) is 19.7. The molecule has 1 aromatic carbocycles. The van der Waals surface area contributed by atoms with Crippen molar-refractivity contribution in [2.75, 3.05) is 25.9 Å². The number of hydrogen-bond donors (Lipinski definition) is 1. The Bertz CT molecular complexity index is 955. The van der Waals surface area contributed by atoms with E-state index in [4.69, 9.17) is 16.1 Å². The van der Waals surface area contributed by atoms with Gasteiger partial charge in [0.15, 0.2) is 15.8 Å². The van der Waals surface area contributed by atoms with Gasteiger partial charge >= 0.3 is 0 Å². The van der Waals surface area contributed by atoms with Gasteiger partial charge in [0.1, 0.15) is 0 Å². The zero-order valence-electron chi connectivity index (χ0n) is 15.4. The second kappa shape index (κ2) is 7.47. The van der Waals surface area contributed by atoms with Gasteiger partial charge in [-0.25, -0.2) is 8.42 Å². The molecule has 0 radical (unpaired) electrons. The van der Waals surface area contributed by atoms with Crippen LogP contribution in [0.5, 0.6) is 0 Å². The Morgan fingerprint density at radius 2 is 2.22 bits per heavy atom. The summed E-state index contributed by atoms with van der Waals surface area (Å²) in [7, 11) is -1.45. The highest BCUT2D eigenvalue weighted by Gasteiger charge is 2.40. The first-order valence-corrected chi connectivity index (χ1v) is 10.5. The van der Waals surface area contributed by atoms with Crippen LogP contribution in [0, 0.1) is 0 Å². The van der Waals surface area contributed by atoms with E-state index in [0.717, 1.165) is 5.56 Å². The molecule has 8 nitrogen and oxygen atoms in total. The van der Waals surface area contributed by atoms with E-state index in [0.29, 0.717) is 35.8 Å². The number of nitrogens with one attached hydrogen (secondary N) is 1. The van der Waals surface area contributed by atoms with E-state index in [-0.39, 0.29) is 12.3 Å². The van der Waals surface area contributed by atoms with Crippen LogP contribution in [0.4, 0.5) is 0 Å². The second-order valence-electron chi connectivity index (χ2n) is 6.92. The van der Waals surface area contributed by atoms with Gasteiger partial charge in [-0.1, -0.05) is 28.9 Å². The number of halogens is 1. The van der Waals surface area contributed by atoms with Gasteiger partial charge in [0.05, 0.1) is 17.0 Å². The third kappa shape index (κ3) is 4.24. The lowest BCUT2D eigenvalue weighted by Crippen LogP contribution is -2.57. The zero-order valence-corrected chi connectivity index (χ0v) is 17.0. The van der Waals surface area contributed by atoms with E-state index in [2.05, 4.69) is 20.4 Å². The highest BCUT2D eigenvalue weighted by Crippen LogP contribution is 2.24. The van der Waals surface area contributed by atoms with Gasteiger partial charge in [0, 0.05) is 30.7 Å². The molecule has 0 aliphatic carbocycles. The van der Waals surface area contributed by atoms with Crippen molar-refractivity contribution in [1.29, 1.82) is 0 Å². The van der Waals surface area contributed by atoms with E-state index in [1.807, 2.05) is 17.0 Å². The lowest BCUT2D eigenvalue weighted by atomic mass is 10.2. The normalized spacial score (nSPS) is 19.1. The molecule has 2 heterocycles. The minimum atomic E-state index is -3.11. The van der Waals surface area contributed by atoms with Gasteiger partial charge in [-0.3, -0.25) is 4.99 Å². The fourth-order valence-corrected chi connectivity index (χ4v) is 4.44. The molecule has 1 fully saturated rings. The lowest BCUT2D eigenvalue weighted by molar-refractivity contribution is 0.344. The number of aromatic nitrogens is 2. The monoisotopic (exact) mass is 411 g/mol. The molecule has 27 heavy (non-hydrogen) atoms. The number of sulfone groups is 1. The molecular formula is C17H22ClN5O3S. The molecule has 2 aromatic rings. The fourth-order valence-electron chi connectivity index (χ4n) is 2.88. The van der Waals surface area contributed by atoms with Crippen molar-refractivity contribution < 1.29 is 12.9 Å². The molecule has 0 saturated carbocycles. The summed E-state index contributed by atoms with van der Waals surface area (Å²) >= 11 is 5.99. The van der Waals surface area contributed by atoms with Gasteiger partial charge in [-0.15, -0.1) is 0 Å². The Morgan fingerprint density at radius 1 is 1.44 bits per heavy atom. The highest BCUT2D eigenvalue weighted by molar-refractivity contribution is 7.92. The number of nitrogens with zero attached hydrogens (tertiary/aromatic N) is 4. The Labute approximate surface area is 163 Å². The maximum atomic E-state index is 12.2. The summed E-state index contributed by atoms with van der Waals surface area (Å²) in [6.07, 6.45) is 0. The molecule has 0 unspecified atom stereocenters. The third-order valence-corrected chi connectivity index (χ3v) is 7.27. The first kappa shape index (κ1) is 19.6.